The quantitative estimate of drug-likeness (QED) is 0.691. The van der Waals surface area contributed by atoms with Crippen LogP contribution in [-0.4, -0.2) is 15.1 Å². The maximum absolute atomic E-state index is 12.0. The third-order valence-corrected chi connectivity index (χ3v) is 2.74. The summed E-state index contributed by atoms with van der Waals surface area (Å²) in [6.07, 6.45) is 0. The summed E-state index contributed by atoms with van der Waals surface area (Å²) in [5, 5.41) is 11.0. The topological polar surface area (TPSA) is 84.1 Å². The van der Waals surface area contributed by atoms with E-state index >= 15 is 0 Å². The molecule has 0 spiro atoms. The number of carboxylic acids is 1. The summed E-state index contributed by atoms with van der Waals surface area (Å²) in [5.41, 5.74) is -0.737. The Labute approximate surface area is 102 Å². The summed E-state index contributed by atoms with van der Waals surface area (Å²) in [6, 6.07) is 6.41. The first-order valence-electron chi connectivity index (χ1n) is 5.48. The first kappa shape index (κ1) is 12.1. The molecule has 94 valence electrons. The summed E-state index contributed by atoms with van der Waals surface area (Å²) >= 11 is 0. The Bertz CT molecular complexity index is 727. The van der Waals surface area contributed by atoms with Gasteiger partial charge in [-0.15, -0.1) is 0 Å². The number of hydrogen-bond acceptors (Lipinski definition) is 4. The van der Waals surface area contributed by atoms with E-state index in [0.717, 1.165) is 9.13 Å². The zero-order valence-corrected chi connectivity index (χ0v) is 9.75. The number of carbonyl (C=O) groups excluding carboxylic acids is 1. The number of hydrogen-bond donors (Lipinski definition) is 0. The van der Waals surface area contributed by atoms with E-state index in [1.165, 1.54) is 0 Å². The van der Waals surface area contributed by atoms with Crippen molar-refractivity contribution in [2.24, 2.45) is 0 Å². The molecule has 0 unspecified atom stereocenters. The molecule has 0 N–H and O–H groups in total. The molecule has 0 amide bonds. The van der Waals surface area contributed by atoms with Gasteiger partial charge < -0.3 is 9.90 Å². The fourth-order valence-corrected chi connectivity index (χ4v) is 1.93. The van der Waals surface area contributed by atoms with Crippen molar-refractivity contribution >= 4 is 16.9 Å². The smallest absolute Gasteiger partial charge is 0.331 e. The predicted molar refractivity (Wildman–Crippen MR) is 63.1 cm³/mol. The molecule has 0 atom stereocenters. The normalized spacial score (nSPS) is 10.7. The lowest BCUT2D eigenvalue weighted by molar-refractivity contribution is -0.306. The minimum Gasteiger partial charge on any atom is -0.548 e. The van der Waals surface area contributed by atoms with Crippen LogP contribution in [0.15, 0.2) is 33.9 Å². The van der Waals surface area contributed by atoms with Gasteiger partial charge in [0.05, 0.1) is 23.4 Å². The molecule has 0 saturated carbocycles. The van der Waals surface area contributed by atoms with Gasteiger partial charge in [-0.2, -0.15) is 0 Å². The van der Waals surface area contributed by atoms with Crippen LogP contribution in [0.5, 0.6) is 0 Å². The van der Waals surface area contributed by atoms with Gasteiger partial charge in [0, 0.05) is 6.54 Å². The number of carboxylic acid groups (broad SMARTS) is 1. The predicted octanol–water partition coefficient (Wildman–Crippen LogP) is -1.07. The lowest BCUT2D eigenvalue weighted by Gasteiger charge is -2.13. The van der Waals surface area contributed by atoms with Crippen LogP contribution in [0.2, 0.25) is 0 Å². The van der Waals surface area contributed by atoms with E-state index < -0.39 is 23.8 Å². The van der Waals surface area contributed by atoms with Crippen molar-refractivity contribution in [2.45, 2.75) is 20.0 Å². The second-order valence-corrected chi connectivity index (χ2v) is 3.81. The van der Waals surface area contributed by atoms with Crippen LogP contribution in [-0.2, 0) is 17.9 Å². The van der Waals surface area contributed by atoms with E-state index in [9.17, 15) is 19.5 Å². The maximum atomic E-state index is 12.0. The van der Waals surface area contributed by atoms with E-state index in [1.54, 1.807) is 31.2 Å². The van der Waals surface area contributed by atoms with Crippen LogP contribution in [0.4, 0.5) is 0 Å². The zero-order chi connectivity index (χ0) is 13.3. The Morgan fingerprint density at radius 1 is 1.22 bits per heavy atom. The SMILES string of the molecule is CCn1c(=O)c2ccccc2n(CC(=O)[O-])c1=O. The molecule has 0 aliphatic carbocycles. The van der Waals surface area contributed by atoms with Crippen LogP contribution in [0, 0.1) is 0 Å². The van der Waals surface area contributed by atoms with E-state index in [1.807, 2.05) is 0 Å². The van der Waals surface area contributed by atoms with Crippen molar-refractivity contribution in [1.82, 2.24) is 9.13 Å². The van der Waals surface area contributed by atoms with E-state index in [4.69, 9.17) is 0 Å². The zero-order valence-electron chi connectivity index (χ0n) is 9.75. The summed E-state index contributed by atoms with van der Waals surface area (Å²) in [4.78, 5) is 34.7. The first-order chi connectivity index (χ1) is 8.56. The standard InChI is InChI=1S/C12H12N2O4/c1-2-13-11(17)8-5-3-4-6-9(8)14(12(13)18)7-10(15)16/h3-6H,2,7H2,1H3,(H,15,16)/p-1. The molecule has 1 heterocycles. The number of aromatic nitrogens is 2. The van der Waals surface area contributed by atoms with Crippen LogP contribution >= 0.6 is 0 Å². The molecule has 2 rings (SSSR count). The van der Waals surface area contributed by atoms with Crippen LogP contribution in [0.1, 0.15) is 6.92 Å². The number of rotatable bonds is 3. The lowest BCUT2D eigenvalue weighted by atomic mass is 10.2. The monoisotopic (exact) mass is 247 g/mol. The molecular weight excluding hydrogens is 236 g/mol. The number of benzene rings is 1. The minimum atomic E-state index is -1.37. The van der Waals surface area contributed by atoms with Gasteiger partial charge in [-0.25, -0.2) is 4.79 Å². The first-order valence-corrected chi connectivity index (χ1v) is 5.48. The summed E-state index contributed by atoms with van der Waals surface area (Å²) in [7, 11) is 0. The highest BCUT2D eigenvalue weighted by atomic mass is 16.4. The van der Waals surface area contributed by atoms with Crippen molar-refractivity contribution in [2.75, 3.05) is 0 Å². The van der Waals surface area contributed by atoms with E-state index in [-0.39, 0.29) is 6.54 Å². The molecule has 2 aromatic rings. The molecule has 1 aromatic carbocycles. The number of fused-ring (bicyclic) bond motifs is 1. The number of nitrogens with zero attached hydrogens (tertiary/aromatic N) is 2. The van der Waals surface area contributed by atoms with Gasteiger partial charge in [-0.05, 0) is 19.1 Å². The van der Waals surface area contributed by atoms with Crippen LogP contribution in [0.3, 0.4) is 0 Å². The highest BCUT2D eigenvalue weighted by Gasteiger charge is 2.11. The summed E-state index contributed by atoms with van der Waals surface area (Å²) in [5.74, 6) is -1.37. The van der Waals surface area contributed by atoms with Gasteiger partial charge in [0.15, 0.2) is 0 Å². The average Bonchev–Trinajstić information content (AvgIpc) is 2.35. The molecule has 0 aliphatic rings. The summed E-state index contributed by atoms with van der Waals surface area (Å²) in [6.45, 7) is 1.27. The Morgan fingerprint density at radius 2 is 1.89 bits per heavy atom. The lowest BCUT2D eigenvalue weighted by Crippen LogP contribution is -2.42. The van der Waals surface area contributed by atoms with Gasteiger partial charge in [0.25, 0.3) is 5.56 Å². The molecule has 6 nitrogen and oxygen atoms in total. The summed E-state index contributed by atoms with van der Waals surface area (Å²) < 4.78 is 2.04. The molecule has 6 heteroatoms. The highest BCUT2D eigenvalue weighted by Crippen LogP contribution is 2.06. The molecule has 1 aromatic heterocycles. The van der Waals surface area contributed by atoms with E-state index in [2.05, 4.69) is 0 Å². The van der Waals surface area contributed by atoms with Crippen LogP contribution in [0.25, 0.3) is 10.9 Å². The van der Waals surface area contributed by atoms with Crippen LogP contribution < -0.4 is 16.4 Å². The van der Waals surface area contributed by atoms with Gasteiger partial charge in [-0.1, -0.05) is 12.1 Å². The van der Waals surface area contributed by atoms with Crippen molar-refractivity contribution < 1.29 is 9.90 Å². The molecule has 0 aliphatic heterocycles. The highest BCUT2D eigenvalue weighted by molar-refractivity contribution is 5.79. The Kier molecular flexibility index (Phi) is 3.01. The van der Waals surface area contributed by atoms with Gasteiger partial charge in [0.2, 0.25) is 0 Å². The Hall–Kier alpha value is -2.37. The molecule has 0 saturated heterocycles. The van der Waals surface area contributed by atoms with Crippen molar-refractivity contribution in [3.05, 3.63) is 45.1 Å². The fourth-order valence-electron chi connectivity index (χ4n) is 1.93. The third-order valence-electron chi connectivity index (χ3n) is 2.74. The fraction of sp³-hybridized carbons (Fsp3) is 0.250. The minimum absolute atomic E-state index is 0.190. The second-order valence-electron chi connectivity index (χ2n) is 3.81. The van der Waals surface area contributed by atoms with Gasteiger partial charge in [-0.3, -0.25) is 13.9 Å². The average molecular weight is 247 g/mol. The molecule has 0 radical (unpaired) electrons. The molecule has 0 fully saturated rings. The second kappa shape index (κ2) is 4.48. The van der Waals surface area contributed by atoms with E-state index in [0.29, 0.717) is 10.9 Å². The number of para-hydroxylation sites is 1. The van der Waals surface area contributed by atoms with Gasteiger partial charge in [0.1, 0.15) is 0 Å². The molecule has 0 bridgehead atoms. The van der Waals surface area contributed by atoms with Crippen molar-refractivity contribution in [1.29, 1.82) is 0 Å². The molecular formula is C12H11N2O4-. The van der Waals surface area contributed by atoms with Crippen molar-refractivity contribution in [3.63, 3.8) is 0 Å². The van der Waals surface area contributed by atoms with Crippen molar-refractivity contribution in [3.8, 4) is 0 Å². The third kappa shape index (κ3) is 1.81. The Morgan fingerprint density at radius 3 is 2.50 bits per heavy atom. The maximum Gasteiger partial charge on any atom is 0.331 e. The number of carbonyl (C=O) groups is 1. The van der Waals surface area contributed by atoms with Gasteiger partial charge >= 0.3 is 5.69 Å². The Balaban J connectivity index is 2.95. The number of aliphatic carboxylic acids is 1. The largest absolute Gasteiger partial charge is 0.548 e. The molecule has 18 heavy (non-hydrogen) atoms.